The van der Waals surface area contributed by atoms with Crippen LogP contribution in [0.1, 0.15) is 47.8 Å². The maximum absolute atomic E-state index is 14.2. The third-order valence-electron chi connectivity index (χ3n) is 8.10. The smallest absolute Gasteiger partial charge is 0.213 e. The van der Waals surface area contributed by atoms with Crippen LogP contribution in [0.4, 0.5) is 4.39 Å². The van der Waals surface area contributed by atoms with Crippen molar-refractivity contribution in [1.82, 2.24) is 19.4 Å². The maximum Gasteiger partial charge on any atom is 0.213 e. The molecule has 1 atom stereocenters. The molecule has 0 amide bonds. The van der Waals surface area contributed by atoms with Gasteiger partial charge < -0.3 is 14.0 Å². The van der Waals surface area contributed by atoms with Crippen molar-refractivity contribution in [2.45, 2.75) is 70.6 Å². The average molecular weight is 617 g/mol. The van der Waals surface area contributed by atoms with Gasteiger partial charge in [-0.15, -0.1) is 5.54 Å². The van der Waals surface area contributed by atoms with E-state index in [1.54, 1.807) is 12.1 Å². The minimum atomic E-state index is -1.46. The van der Waals surface area contributed by atoms with Crippen molar-refractivity contribution in [3.63, 3.8) is 0 Å². The molecular formula is C34H38ClFN4O2Si. The summed E-state index contributed by atoms with van der Waals surface area (Å²) in [5, 5.41) is 0.370. The Bertz CT molecular complexity index is 1660. The Labute approximate surface area is 259 Å². The molecule has 2 aliphatic heterocycles. The molecule has 9 heteroatoms. The van der Waals surface area contributed by atoms with E-state index >= 15 is 0 Å². The molecule has 0 aliphatic carbocycles. The van der Waals surface area contributed by atoms with Crippen LogP contribution in [0.25, 0.3) is 11.0 Å². The predicted octanol–water partition coefficient (Wildman–Crippen LogP) is 7.20. The molecular weight excluding hydrogens is 579 g/mol. The summed E-state index contributed by atoms with van der Waals surface area (Å²) < 4.78 is 28.2. The lowest BCUT2D eigenvalue weighted by Gasteiger charge is -2.32. The number of imidazole rings is 1. The molecule has 6 rings (SSSR count). The normalized spacial score (nSPS) is 17.8. The van der Waals surface area contributed by atoms with Gasteiger partial charge in [0, 0.05) is 40.4 Å². The van der Waals surface area contributed by atoms with Gasteiger partial charge in [-0.05, 0) is 68.8 Å². The summed E-state index contributed by atoms with van der Waals surface area (Å²) in [6.07, 6.45) is 3.36. The van der Waals surface area contributed by atoms with Crippen LogP contribution in [0.3, 0.4) is 0 Å². The van der Waals surface area contributed by atoms with Crippen LogP contribution >= 0.6 is 11.6 Å². The van der Waals surface area contributed by atoms with E-state index in [-0.39, 0.29) is 18.5 Å². The third kappa shape index (κ3) is 7.47. The summed E-state index contributed by atoms with van der Waals surface area (Å²) in [5.41, 5.74) is 8.14. The van der Waals surface area contributed by atoms with Crippen molar-refractivity contribution in [3.05, 3.63) is 88.1 Å². The van der Waals surface area contributed by atoms with Crippen molar-refractivity contribution in [3.8, 4) is 17.3 Å². The van der Waals surface area contributed by atoms with Gasteiger partial charge in [0.05, 0.1) is 30.2 Å². The van der Waals surface area contributed by atoms with Crippen LogP contribution in [-0.2, 0) is 24.4 Å². The maximum atomic E-state index is 14.2. The summed E-state index contributed by atoms with van der Waals surface area (Å²) in [6, 6.07) is 16.9. The van der Waals surface area contributed by atoms with Gasteiger partial charge in [0.2, 0.25) is 5.88 Å². The number of hydrogen-bond donors (Lipinski definition) is 0. The highest BCUT2D eigenvalue weighted by atomic mass is 35.5. The molecule has 0 spiro atoms. The number of piperidine rings is 1. The Morgan fingerprint density at radius 2 is 1.86 bits per heavy atom. The van der Waals surface area contributed by atoms with E-state index < -0.39 is 8.07 Å². The Kier molecular flexibility index (Phi) is 8.87. The van der Waals surface area contributed by atoms with Crippen molar-refractivity contribution < 1.29 is 13.9 Å². The lowest BCUT2D eigenvalue weighted by molar-refractivity contribution is -0.0592. The van der Waals surface area contributed by atoms with Gasteiger partial charge in [0.15, 0.2) is 0 Å². The highest BCUT2D eigenvalue weighted by Gasteiger charge is 2.26. The number of pyridine rings is 1. The Morgan fingerprint density at radius 3 is 2.58 bits per heavy atom. The van der Waals surface area contributed by atoms with Crippen LogP contribution in [0.2, 0.25) is 24.7 Å². The van der Waals surface area contributed by atoms with Gasteiger partial charge in [-0.1, -0.05) is 49.3 Å². The second kappa shape index (κ2) is 12.8. The molecule has 2 aromatic carbocycles. The average Bonchev–Trinajstić information content (AvgIpc) is 3.29. The van der Waals surface area contributed by atoms with Crippen molar-refractivity contribution in [2.24, 2.45) is 0 Å². The number of hydrogen-bond acceptors (Lipinski definition) is 5. The molecule has 0 radical (unpaired) electrons. The highest BCUT2D eigenvalue weighted by Crippen LogP contribution is 2.30. The second-order valence-electron chi connectivity index (χ2n) is 12.6. The molecule has 43 heavy (non-hydrogen) atoms. The molecule has 2 saturated heterocycles. The monoisotopic (exact) mass is 616 g/mol. The van der Waals surface area contributed by atoms with Crippen molar-refractivity contribution in [2.75, 3.05) is 19.7 Å². The van der Waals surface area contributed by atoms with E-state index in [1.165, 1.54) is 6.07 Å². The topological polar surface area (TPSA) is 52.4 Å². The Morgan fingerprint density at radius 1 is 1.05 bits per heavy atom. The van der Waals surface area contributed by atoms with Crippen LogP contribution in [0.15, 0.2) is 54.6 Å². The lowest BCUT2D eigenvalue weighted by atomic mass is 9.93. The van der Waals surface area contributed by atoms with E-state index in [2.05, 4.69) is 64.8 Å². The van der Waals surface area contributed by atoms with Gasteiger partial charge in [-0.3, -0.25) is 4.90 Å². The van der Waals surface area contributed by atoms with E-state index in [0.29, 0.717) is 22.4 Å². The van der Waals surface area contributed by atoms with E-state index in [9.17, 15) is 4.39 Å². The molecule has 2 aliphatic rings. The van der Waals surface area contributed by atoms with Crippen molar-refractivity contribution >= 4 is 30.7 Å². The largest absolute Gasteiger partial charge is 0.473 e. The first kappa shape index (κ1) is 29.8. The van der Waals surface area contributed by atoms with E-state index in [4.69, 9.17) is 31.0 Å². The molecule has 0 N–H and O–H groups in total. The summed E-state index contributed by atoms with van der Waals surface area (Å²) in [4.78, 5) is 12.4. The molecule has 0 unspecified atom stereocenters. The zero-order chi connectivity index (χ0) is 30.0. The molecule has 2 fully saturated rings. The number of fused-ring (bicyclic) bond motifs is 1. The fourth-order valence-electron chi connectivity index (χ4n) is 5.59. The van der Waals surface area contributed by atoms with Gasteiger partial charge in [-0.2, -0.15) is 0 Å². The predicted molar refractivity (Wildman–Crippen MR) is 172 cm³/mol. The van der Waals surface area contributed by atoms with Crippen LogP contribution in [0, 0.1) is 17.3 Å². The highest BCUT2D eigenvalue weighted by molar-refractivity contribution is 6.83. The summed E-state index contributed by atoms with van der Waals surface area (Å²) >= 11 is 5.87. The van der Waals surface area contributed by atoms with Crippen molar-refractivity contribution in [1.29, 1.82) is 0 Å². The zero-order valence-corrected chi connectivity index (χ0v) is 26.8. The summed E-state index contributed by atoms with van der Waals surface area (Å²) in [6.45, 7) is 11.3. The first-order valence-corrected chi connectivity index (χ1v) is 19.0. The second-order valence-corrected chi connectivity index (χ2v) is 17.8. The molecule has 224 valence electrons. The van der Waals surface area contributed by atoms with Gasteiger partial charge in [0.25, 0.3) is 0 Å². The number of nitrogens with zero attached hydrogens (tertiary/aromatic N) is 4. The number of rotatable bonds is 8. The first-order valence-electron chi connectivity index (χ1n) is 15.1. The first-order chi connectivity index (χ1) is 20.7. The minimum Gasteiger partial charge on any atom is -0.473 e. The zero-order valence-electron chi connectivity index (χ0n) is 25.1. The fraction of sp³-hybridized carbons (Fsp3) is 0.412. The summed E-state index contributed by atoms with van der Waals surface area (Å²) in [5.74, 6) is 4.96. The Balaban J connectivity index is 1.11. The number of aromatic nitrogens is 3. The number of ether oxygens (including phenoxy) is 2. The number of benzene rings is 2. The SMILES string of the molecule is C[Si](C)(C)C#Cc1ccc2c(c1)nc(CN1CCC(c3cccc(OCc4ccc(Cl)cc4F)n3)CC1)n2C[C@@H]1CCO1. The van der Waals surface area contributed by atoms with Gasteiger partial charge >= 0.3 is 0 Å². The molecule has 2 aromatic heterocycles. The molecule has 6 nitrogen and oxygen atoms in total. The fourth-order valence-corrected chi connectivity index (χ4v) is 6.27. The molecule has 0 saturated carbocycles. The number of likely N-dealkylation sites (tertiary alicyclic amines) is 1. The van der Waals surface area contributed by atoms with Crippen LogP contribution < -0.4 is 4.74 Å². The van der Waals surface area contributed by atoms with Crippen LogP contribution in [0.5, 0.6) is 5.88 Å². The molecule has 0 bridgehead atoms. The van der Waals surface area contributed by atoms with E-state index in [0.717, 1.165) is 80.2 Å². The number of halogens is 2. The van der Waals surface area contributed by atoms with Crippen LogP contribution in [-0.4, -0.2) is 53.3 Å². The quantitative estimate of drug-likeness (QED) is 0.155. The Hall–Kier alpha value is -3.22. The molecule has 4 heterocycles. The lowest BCUT2D eigenvalue weighted by Crippen LogP contribution is -2.35. The van der Waals surface area contributed by atoms with E-state index in [1.807, 2.05) is 12.1 Å². The minimum absolute atomic E-state index is 0.108. The molecule has 4 aromatic rings. The summed E-state index contributed by atoms with van der Waals surface area (Å²) in [7, 11) is -1.46. The third-order valence-corrected chi connectivity index (χ3v) is 9.21. The van der Waals surface area contributed by atoms with Gasteiger partial charge in [0.1, 0.15) is 26.3 Å². The standard InChI is InChI=1S/C34H38ClFN4O2Si/c1-43(2,3)18-14-24-7-10-32-31(19-24)37-33(40(32)21-28-13-17-41-28)22-39-15-11-25(12-16-39)30-5-4-6-34(38-30)42-23-26-8-9-27(35)20-29(26)36/h4-10,19-20,25,28H,11-13,15-17,21-23H2,1-3H3/t28-/m0/s1. The van der Waals surface area contributed by atoms with Gasteiger partial charge in [-0.25, -0.2) is 14.4 Å².